The average molecular weight is 418 g/mol. The molecule has 2 aromatic heterocycles. The minimum Gasteiger partial charge on any atom is -0.434 e. The Labute approximate surface area is 179 Å². The van der Waals surface area contributed by atoms with Crippen LogP contribution in [0.4, 0.5) is 5.69 Å². The molecular formula is C24H20ClN3O2. The number of hydrogen-bond donors (Lipinski definition) is 1. The Hall–Kier alpha value is -3.18. The number of carbonyl (C=O) groups is 1. The number of fused-ring (bicyclic) bond motifs is 1. The van der Waals surface area contributed by atoms with E-state index < -0.39 is 5.41 Å². The minimum atomic E-state index is -0.497. The van der Waals surface area contributed by atoms with Crippen LogP contribution in [0.2, 0.25) is 5.02 Å². The summed E-state index contributed by atoms with van der Waals surface area (Å²) in [5.74, 6) is 0.391. The number of halogens is 1. The lowest BCUT2D eigenvalue weighted by molar-refractivity contribution is -0.121. The third-order valence-corrected chi connectivity index (χ3v) is 6.17. The second-order valence-electron chi connectivity index (χ2n) is 7.65. The Bertz CT molecular complexity index is 1180. The molecule has 2 heterocycles. The van der Waals surface area contributed by atoms with E-state index in [1.54, 1.807) is 30.5 Å². The summed E-state index contributed by atoms with van der Waals surface area (Å²) in [5, 5.41) is 3.61. The lowest BCUT2D eigenvalue weighted by Crippen LogP contribution is -2.37. The highest BCUT2D eigenvalue weighted by Gasteiger charge is 2.42. The van der Waals surface area contributed by atoms with Crippen molar-refractivity contribution in [3.63, 3.8) is 0 Å². The number of benzene rings is 2. The van der Waals surface area contributed by atoms with E-state index in [2.05, 4.69) is 15.3 Å². The molecule has 1 fully saturated rings. The van der Waals surface area contributed by atoms with Crippen LogP contribution in [-0.2, 0) is 10.2 Å². The monoisotopic (exact) mass is 417 g/mol. The van der Waals surface area contributed by atoms with Crippen LogP contribution >= 0.6 is 11.6 Å². The van der Waals surface area contributed by atoms with Crippen LogP contribution in [0.1, 0.15) is 31.2 Å². The highest BCUT2D eigenvalue weighted by Crippen LogP contribution is 2.42. The van der Waals surface area contributed by atoms with Gasteiger partial charge in [-0.3, -0.25) is 4.79 Å². The number of pyridine rings is 1. The maximum atomic E-state index is 13.4. The fourth-order valence-corrected chi connectivity index (χ4v) is 4.48. The molecular weight excluding hydrogens is 398 g/mol. The third-order valence-electron chi connectivity index (χ3n) is 5.84. The van der Waals surface area contributed by atoms with Crippen LogP contribution in [0, 0.1) is 0 Å². The molecule has 30 heavy (non-hydrogen) atoms. The number of hydrogen-bond acceptors (Lipinski definition) is 4. The molecule has 0 saturated heterocycles. The van der Waals surface area contributed by atoms with Gasteiger partial charge in [0, 0.05) is 11.9 Å². The Kier molecular flexibility index (Phi) is 4.75. The fraction of sp³-hybridized carbons (Fsp3) is 0.208. The van der Waals surface area contributed by atoms with Crippen molar-refractivity contribution in [2.75, 3.05) is 5.32 Å². The Balaban J connectivity index is 1.48. The zero-order valence-corrected chi connectivity index (χ0v) is 17.0. The van der Waals surface area contributed by atoms with Gasteiger partial charge in [-0.25, -0.2) is 4.98 Å². The molecule has 6 heteroatoms. The van der Waals surface area contributed by atoms with E-state index in [-0.39, 0.29) is 5.91 Å². The first-order chi connectivity index (χ1) is 14.7. The summed E-state index contributed by atoms with van der Waals surface area (Å²) in [5.41, 5.74) is 2.96. The Morgan fingerprint density at radius 3 is 2.60 bits per heavy atom. The van der Waals surface area contributed by atoms with Crippen LogP contribution in [0.3, 0.4) is 0 Å². The summed E-state index contributed by atoms with van der Waals surface area (Å²) in [6.45, 7) is 0. The molecule has 0 bridgehead atoms. The molecule has 0 atom stereocenters. The Morgan fingerprint density at radius 2 is 1.83 bits per heavy atom. The van der Waals surface area contributed by atoms with E-state index in [1.807, 2.05) is 36.4 Å². The molecule has 1 amide bonds. The van der Waals surface area contributed by atoms with Crippen molar-refractivity contribution in [3.8, 4) is 11.5 Å². The van der Waals surface area contributed by atoms with Crippen LogP contribution in [0.15, 0.2) is 71.3 Å². The standard InChI is InChI=1S/C24H20ClN3O2/c25-19-11-10-17(15-18(19)22-28-21-20(30-22)9-6-14-26-21)27-23(29)24(12-4-5-13-24)16-7-2-1-3-8-16/h1-3,6-11,14-15H,4-5,12-13H2,(H,27,29). The van der Waals surface area contributed by atoms with Crippen molar-refractivity contribution in [1.82, 2.24) is 9.97 Å². The smallest absolute Gasteiger partial charge is 0.235 e. The average Bonchev–Trinajstić information content (AvgIpc) is 3.44. The Morgan fingerprint density at radius 1 is 1.03 bits per heavy atom. The summed E-state index contributed by atoms with van der Waals surface area (Å²) in [4.78, 5) is 22.1. The molecule has 0 spiro atoms. The highest BCUT2D eigenvalue weighted by atomic mass is 35.5. The quantitative estimate of drug-likeness (QED) is 0.442. The minimum absolute atomic E-state index is 0.0127. The number of carbonyl (C=O) groups excluding carboxylic acids is 1. The van der Waals surface area contributed by atoms with Crippen molar-refractivity contribution < 1.29 is 9.21 Å². The molecule has 0 radical (unpaired) electrons. The van der Waals surface area contributed by atoms with E-state index in [0.717, 1.165) is 31.2 Å². The first-order valence-corrected chi connectivity index (χ1v) is 10.4. The summed E-state index contributed by atoms with van der Waals surface area (Å²) in [7, 11) is 0. The number of nitrogens with one attached hydrogen (secondary N) is 1. The van der Waals surface area contributed by atoms with Gasteiger partial charge in [0.2, 0.25) is 11.8 Å². The van der Waals surface area contributed by atoms with Gasteiger partial charge >= 0.3 is 0 Å². The molecule has 5 rings (SSSR count). The van der Waals surface area contributed by atoms with E-state index in [9.17, 15) is 4.79 Å². The van der Waals surface area contributed by atoms with E-state index >= 15 is 0 Å². The van der Waals surface area contributed by atoms with Crippen LogP contribution in [-0.4, -0.2) is 15.9 Å². The molecule has 1 saturated carbocycles. The largest absolute Gasteiger partial charge is 0.434 e. The number of oxazole rings is 1. The molecule has 4 aromatic rings. The molecule has 5 nitrogen and oxygen atoms in total. The summed E-state index contributed by atoms with van der Waals surface area (Å²) >= 11 is 6.41. The molecule has 0 aliphatic heterocycles. The summed E-state index contributed by atoms with van der Waals surface area (Å²) in [6, 6.07) is 19.0. The molecule has 150 valence electrons. The van der Waals surface area contributed by atoms with E-state index in [1.165, 1.54) is 0 Å². The van der Waals surface area contributed by atoms with Gasteiger partial charge in [-0.1, -0.05) is 54.8 Å². The second kappa shape index (κ2) is 7.58. The van der Waals surface area contributed by atoms with Gasteiger partial charge < -0.3 is 9.73 Å². The highest BCUT2D eigenvalue weighted by molar-refractivity contribution is 6.33. The number of rotatable bonds is 4. The van der Waals surface area contributed by atoms with Gasteiger partial charge in [0.1, 0.15) is 0 Å². The third kappa shape index (κ3) is 3.25. The maximum absolute atomic E-state index is 13.4. The van der Waals surface area contributed by atoms with Crippen molar-refractivity contribution in [2.24, 2.45) is 0 Å². The van der Waals surface area contributed by atoms with Gasteiger partial charge in [0.15, 0.2) is 11.2 Å². The van der Waals surface area contributed by atoms with Gasteiger partial charge in [0.25, 0.3) is 0 Å². The zero-order chi connectivity index (χ0) is 20.6. The lowest BCUT2D eigenvalue weighted by atomic mass is 9.78. The second-order valence-corrected chi connectivity index (χ2v) is 8.06. The normalized spacial score (nSPS) is 15.4. The van der Waals surface area contributed by atoms with E-state index in [4.69, 9.17) is 16.0 Å². The number of amides is 1. The first kappa shape index (κ1) is 18.8. The van der Waals surface area contributed by atoms with Gasteiger partial charge in [0.05, 0.1) is 16.0 Å². The number of anilines is 1. The van der Waals surface area contributed by atoms with Crippen LogP contribution in [0.5, 0.6) is 0 Å². The van der Waals surface area contributed by atoms with Gasteiger partial charge in [-0.15, -0.1) is 0 Å². The van der Waals surface area contributed by atoms with Crippen molar-refractivity contribution in [2.45, 2.75) is 31.1 Å². The van der Waals surface area contributed by atoms with Gasteiger partial charge in [-0.2, -0.15) is 4.98 Å². The maximum Gasteiger partial charge on any atom is 0.235 e. The van der Waals surface area contributed by atoms with Crippen molar-refractivity contribution >= 4 is 34.4 Å². The predicted octanol–water partition coefficient (Wildman–Crippen LogP) is 5.99. The number of aromatic nitrogens is 2. The van der Waals surface area contributed by atoms with Crippen LogP contribution in [0.25, 0.3) is 22.7 Å². The molecule has 2 aromatic carbocycles. The predicted molar refractivity (Wildman–Crippen MR) is 117 cm³/mol. The zero-order valence-electron chi connectivity index (χ0n) is 16.3. The SMILES string of the molecule is O=C(Nc1ccc(Cl)c(-c2nc3ncccc3o2)c1)C1(c2ccccc2)CCCC1. The summed E-state index contributed by atoms with van der Waals surface area (Å²) in [6.07, 6.45) is 5.45. The first-order valence-electron chi connectivity index (χ1n) is 10.0. The van der Waals surface area contributed by atoms with E-state index in [0.29, 0.717) is 33.4 Å². The van der Waals surface area contributed by atoms with Crippen molar-refractivity contribution in [3.05, 3.63) is 77.4 Å². The molecule has 0 unspecified atom stereocenters. The van der Waals surface area contributed by atoms with Crippen molar-refractivity contribution in [1.29, 1.82) is 0 Å². The lowest BCUT2D eigenvalue weighted by Gasteiger charge is -2.28. The number of nitrogens with zero attached hydrogens (tertiary/aromatic N) is 2. The topological polar surface area (TPSA) is 68.0 Å². The summed E-state index contributed by atoms with van der Waals surface area (Å²) < 4.78 is 5.81. The molecule has 1 N–H and O–H groups in total. The fourth-order valence-electron chi connectivity index (χ4n) is 4.28. The molecule has 1 aliphatic carbocycles. The van der Waals surface area contributed by atoms with Crippen LogP contribution < -0.4 is 5.32 Å². The van der Waals surface area contributed by atoms with Gasteiger partial charge in [-0.05, 0) is 48.7 Å². The molecule has 1 aliphatic rings.